The molecule has 0 unspecified atom stereocenters. The van der Waals surface area contributed by atoms with Gasteiger partial charge in [-0.3, -0.25) is 4.79 Å². The molecular weight excluding hydrogens is 202 g/mol. The number of nitrogens with two attached hydrogens (primary N) is 1. The Hall–Kier alpha value is -2.10. The first-order valence-corrected chi connectivity index (χ1v) is 4.96. The first-order chi connectivity index (χ1) is 7.59. The molecule has 0 aliphatic heterocycles. The van der Waals surface area contributed by atoms with E-state index in [0.29, 0.717) is 11.4 Å². The molecule has 0 bridgehead atoms. The SMILES string of the molecule is CN(C)C(=O)c1cc(N)c2ccccc2n1. The molecule has 1 aromatic heterocycles. The Morgan fingerprint density at radius 3 is 2.69 bits per heavy atom. The number of anilines is 1. The summed E-state index contributed by atoms with van der Waals surface area (Å²) in [5.41, 5.74) is 7.58. The van der Waals surface area contributed by atoms with Gasteiger partial charge in [-0.05, 0) is 12.1 Å². The summed E-state index contributed by atoms with van der Waals surface area (Å²) in [5.74, 6) is -0.141. The molecule has 82 valence electrons. The Morgan fingerprint density at radius 1 is 1.31 bits per heavy atom. The highest BCUT2D eigenvalue weighted by atomic mass is 16.2. The molecule has 0 aliphatic carbocycles. The Kier molecular flexibility index (Phi) is 2.48. The van der Waals surface area contributed by atoms with Crippen molar-refractivity contribution in [2.75, 3.05) is 19.8 Å². The molecule has 0 aliphatic rings. The molecule has 0 saturated heterocycles. The molecule has 0 fully saturated rings. The molecule has 0 spiro atoms. The van der Waals surface area contributed by atoms with Crippen molar-refractivity contribution >= 4 is 22.5 Å². The summed E-state index contributed by atoms with van der Waals surface area (Å²) >= 11 is 0. The van der Waals surface area contributed by atoms with Crippen LogP contribution in [0.3, 0.4) is 0 Å². The predicted molar refractivity (Wildman–Crippen MR) is 64.2 cm³/mol. The number of aromatic nitrogens is 1. The van der Waals surface area contributed by atoms with Gasteiger partial charge in [0.15, 0.2) is 0 Å². The van der Waals surface area contributed by atoms with E-state index in [1.807, 2.05) is 24.3 Å². The zero-order valence-corrected chi connectivity index (χ0v) is 9.27. The fraction of sp³-hybridized carbons (Fsp3) is 0.167. The standard InChI is InChI=1S/C12H13N3O/c1-15(2)12(16)11-7-9(13)8-5-3-4-6-10(8)14-11/h3-7H,1-2H3,(H2,13,14). The highest BCUT2D eigenvalue weighted by Gasteiger charge is 2.11. The number of nitrogens with zero attached hydrogens (tertiary/aromatic N) is 2. The fourth-order valence-corrected chi connectivity index (χ4v) is 1.54. The lowest BCUT2D eigenvalue weighted by Crippen LogP contribution is -2.22. The summed E-state index contributed by atoms with van der Waals surface area (Å²) in [5, 5.41) is 0.873. The largest absolute Gasteiger partial charge is 0.398 e. The monoisotopic (exact) mass is 215 g/mol. The molecule has 2 N–H and O–H groups in total. The van der Waals surface area contributed by atoms with Gasteiger partial charge in [-0.25, -0.2) is 4.98 Å². The maximum Gasteiger partial charge on any atom is 0.272 e. The lowest BCUT2D eigenvalue weighted by Gasteiger charge is -2.11. The predicted octanol–water partition coefficient (Wildman–Crippen LogP) is 1.52. The van der Waals surface area contributed by atoms with E-state index in [0.717, 1.165) is 10.9 Å². The quantitative estimate of drug-likeness (QED) is 0.784. The van der Waals surface area contributed by atoms with E-state index >= 15 is 0 Å². The Bertz CT molecular complexity index is 549. The van der Waals surface area contributed by atoms with Gasteiger partial charge in [0.1, 0.15) is 5.69 Å². The minimum atomic E-state index is -0.141. The third-order valence-corrected chi connectivity index (χ3v) is 2.37. The first kappa shape index (κ1) is 10.4. The molecule has 2 aromatic rings. The number of para-hydroxylation sites is 1. The lowest BCUT2D eigenvalue weighted by atomic mass is 10.1. The van der Waals surface area contributed by atoms with Gasteiger partial charge in [0, 0.05) is 25.2 Å². The first-order valence-electron chi connectivity index (χ1n) is 4.96. The summed E-state index contributed by atoms with van der Waals surface area (Å²) < 4.78 is 0. The van der Waals surface area contributed by atoms with Gasteiger partial charge in [0.25, 0.3) is 5.91 Å². The van der Waals surface area contributed by atoms with E-state index < -0.39 is 0 Å². The van der Waals surface area contributed by atoms with E-state index in [2.05, 4.69) is 4.98 Å². The number of rotatable bonds is 1. The van der Waals surface area contributed by atoms with Crippen LogP contribution in [0.4, 0.5) is 5.69 Å². The number of nitrogen functional groups attached to an aromatic ring is 1. The second-order valence-electron chi connectivity index (χ2n) is 3.81. The number of carbonyl (C=O) groups excluding carboxylic acids is 1. The molecule has 0 atom stereocenters. The zero-order valence-electron chi connectivity index (χ0n) is 9.27. The highest BCUT2D eigenvalue weighted by molar-refractivity contribution is 5.98. The summed E-state index contributed by atoms with van der Waals surface area (Å²) in [6.45, 7) is 0. The molecule has 0 radical (unpaired) electrons. The van der Waals surface area contributed by atoms with Crippen LogP contribution in [0.25, 0.3) is 10.9 Å². The summed E-state index contributed by atoms with van der Waals surface area (Å²) in [4.78, 5) is 17.5. The van der Waals surface area contributed by atoms with Gasteiger partial charge in [-0.1, -0.05) is 18.2 Å². The van der Waals surface area contributed by atoms with E-state index in [4.69, 9.17) is 5.73 Å². The minimum absolute atomic E-state index is 0.141. The van der Waals surface area contributed by atoms with Gasteiger partial charge < -0.3 is 10.6 Å². The Morgan fingerprint density at radius 2 is 2.00 bits per heavy atom. The van der Waals surface area contributed by atoms with E-state index in [9.17, 15) is 4.79 Å². The van der Waals surface area contributed by atoms with Crippen molar-refractivity contribution in [1.82, 2.24) is 9.88 Å². The summed E-state index contributed by atoms with van der Waals surface area (Å²) in [7, 11) is 3.38. The average molecular weight is 215 g/mol. The molecule has 0 saturated carbocycles. The maximum atomic E-state index is 11.7. The number of benzene rings is 1. The summed E-state index contributed by atoms with van der Waals surface area (Å²) in [6, 6.07) is 9.12. The Balaban J connectivity index is 2.62. The van der Waals surface area contributed by atoms with E-state index in [1.54, 1.807) is 20.2 Å². The fourth-order valence-electron chi connectivity index (χ4n) is 1.54. The topological polar surface area (TPSA) is 59.2 Å². The van der Waals surface area contributed by atoms with E-state index in [1.165, 1.54) is 4.90 Å². The van der Waals surface area contributed by atoms with Crippen molar-refractivity contribution in [3.05, 3.63) is 36.0 Å². The molecule has 1 amide bonds. The van der Waals surface area contributed by atoms with Crippen LogP contribution in [0, 0.1) is 0 Å². The van der Waals surface area contributed by atoms with Crippen LogP contribution in [0.5, 0.6) is 0 Å². The van der Waals surface area contributed by atoms with Crippen molar-refractivity contribution in [2.24, 2.45) is 0 Å². The average Bonchev–Trinajstić information content (AvgIpc) is 2.28. The van der Waals surface area contributed by atoms with Crippen LogP contribution in [0.2, 0.25) is 0 Å². The highest BCUT2D eigenvalue weighted by Crippen LogP contribution is 2.20. The molecule has 1 aromatic carbocycles. The van der Waals surface area contributed by atoms with Crippen LogP contribution in [0.15, 0.2) is 30.3 Å². The van der Waals surface area contributed by atoms with Crippen LogP contribution in [0.1, 0.15) is 10.5 Å². The molecular formula is C12H13N3O. The number of hydrogen-bond donors (Lipinski definition) is 1. The number of pyridine rings is 1. The maximum absolute atomic E-state index is 11.7. The third kappa shape index (κ3) is 1.69. The van der Waals surface area contributed by atoms with Crippen LogP contribution in [-0.4, -0.2) is 29.9 Å². The molecule has 4 heteroatoms. The third-order valence-electron chi connectivity index (χ3n) is 2.37. The minimum Gasteiger partial charge on any atom is -0.398 e. The van der Waals surface area contributed by atoms with Crippen molar-refractivity contribution in [3.8, 4) is 0 Å². The van der Waals surface area contributed by atoms with E-state index in [-0.39, 0.29) is 5.91 Å². The number of carbonyl (C=O) groups is 1. The summed E-state index contributed by atoms with van der Waals surface area (Å²) in [6.07, 6.45) is 0. The van der Waals surface area contributed by atoms with Crippen molar-refractivity contribution in [3.63, 3.8) is 0 Å². The Labute approximate surface area is 93.7 Å². The van der Waals surface area contributed by atoms with Gasteiger partial charge in [0.2, 0.25) is 0 Å². The van der Waals surface area contributed by atoms with Crippen LogP contribution < -0.4 is 5.73 Å². The van der Waals surface area contributed by atoms with Crippen molar-refractivity contribution in [1.29, 1.82) is 0 Å². The molecule has 1 heterocycles. The normalized spacial score (nSPS) is 10.4. The zero-order chi connectivity index (χ0) is 11.7. The smallest absolute Gasteiger partial charge is 0.272 e. The van der Waals surface area contributed by atoms with Gasteiger partial charge in [-0.15, -0.1) is 0 Å². The van der Waals surface area contributed by atoms with Gasteiger partial charge in [0.05, 0.1) is 5.52 Å². The molecule has 4 nitrogen and oxygen atoms in total. The van der Waals surface area contributed by atoms with Crippen LogP contribution >= 0.6 is 0 Å². The number of fused-ring (bicyclic) bond motifs is 1. The van der Waals surface area contributed by atoms with Crippen LogP contribution in [-0.2, 0) is 0 Å². The molecule has 2 rings (SSSR count). The number of hydrogen-bond acceptors (Lipinski definition) is 3. The second-order valence-corrected chi connectivity index (χ2v) is 3.81. The van der Waals surface area contributed by atoms with Gasteiger partial charge >= 0.3 is 0 Å². The molecule has 16 heavy (non-hydrogen) atoms. The van der Waals surface area contributed by atoms with Crippen molar-refractivity contribution in [2.45, 2.75) is 0 Å². The second kappa shape index (κ2) is 3.81. The number of amides is 1. The lowest BCUT2D eigenvalue weighted by molar-refractivity contribution is 0.0822. The van der Waals surface area contributed by atoms with Gasteiger partial charge in [-0.2, -0.15) is 0 Å². The van der Waals surface area contributed by atoms with Crippen molar-refractivity contribution < 1.29 is 4.79 Å².